The van der Waals surface area contributed by atoms with Gasteiger partial charge in [-0.2, -0.15) is 4.31 Å². The van der Waals surface area contributed by atoms with E-state index in [1.807, 2.05) is 32.0 Å². The first kappa shape index (κ1) is 22.3. The van der Waals surface area contributed by atoms with Crippen LogP contribution in [0.3, 0.4) is 0 Å². The maximum atomic E-state index is 13.3. The topological polar surface area (TPSA) is 105 Å². The van der Waals surface area contributed by atoms with E-state index in [-0.39, 0.29) is 23.3 Å². The van der Waals surface area contributed by atoms with Gasteiger partial charge in [-0.15, -0.1) is 0 Å². The van der Waals surface area contributed by atoms with Gasteiger partial charge in [0.25, 0.3) is 5.91 Å². The van der Waals surface area contributed by atoms with Crippen LogP contribution in [-0.2, 0) is 19.6 Å². The van der Waals surface area contributed by atoms with Crippen LogP contribution in [0.25, 0.3) is 0 Å². The lowest BCUT2D eigenvalue weighted by Crippen LogP contribution is -2.43. The molecule has 0 aliphatic carbocycles. The van der Waals surface area contributed by atoms with Crippen molar-refractivity contribution in [1.29, 1.82) is 0 Å². The number of ether oxygens (including phenoxy) is 1. The van der Waals surface area contributed by atoms with Crippen molar-refractivity contribution in [2.45, 2.75) is 44.6 Å². The lowest BCUT2D eigenvalue weighted by atomic mass is 9.98. The number of piperidine rings is 1. The number of carbonyl (C=O) groups excluding carboxylic acids is 2. The smallest absolute Gasteiger partial charge is 0.265 e. The molecule has 4 rings (SSSR count). The molecular weight excluding hydrogens is 430 g/mol. The number of nitrogens with one attached hydrogen (secondary N) is 2. The predicted octanol–water partition coefficient (Wildman–Crippen LogP) is 3.06. The fourth-order valence-electron chi connectivity index (χ4n) is 3.94. The zero-order chi connectivity index (χ0) is 23.0. The Labute approximate surface area is 188 Å². The summed E-state index contributed by atoms with van der Waals surface area (Å²) < 4.78 is 33.4. The molecule has 0 spiro atoms. The molecule has 32 heavy (non-hydrogen) atoms. The monoisotopic (exact) mass is 457 g/mol. The van der Waals surface area contributed by atoms with Crippen molar-refractivity contribution in [3.05, 3.63) is 47.5 Å². The van der Waals surface area contributed by atoms with Crippen molar-refractivity contribution < 1.29 is 22.7 Å². The lowest BCUT2D eigenvalue weighted by molar-refractivity contribution is -0.123. The molecule has 2 aliphatic rings. The molecule has 2 aliphatic heterocycles. The van der Waals surface area contributed by atoms with E-state index in [2.05, 4.69) is 10.6 Å². The standard InChI is InChI=1S/C23H27N3O5S/c1-14-6-7-18(11-15(14)2)24-23(28)17-5-4-10-26(13-17)32(29,30)19-8-9-21-20(12-19)25-22(27)16(3)31-21/h6-9,11-12,16-17H,4-5,10,13H2,1-3H3,(H,24,28)(H,25,27)/t16-,17-/m1/s1. The number of hydrogen-bond donors (Lipinski definition) is 2. The molecular formula is C23H27N3O5S. The maximum Gasteiger partial charge on any atom is 0.265 e. The Bertz CT molecular complexity index is 1180. The van der Waals surface area contributed by atoms with Gasteiger partial charge in [0.05, 0.1) is 16.5 Å². The largest absolute Gasteiger partial charge is 0.479 e. The summed E-state index contributed by atoms with van der Waals surface area (Å²) in [5.74, 6) is -0.525. The zero-order valence-electron chi connectivity index (χ0n) is 18.3. The van der Waals surface area contributed by atoms with Gasteiger partial charge < -0.3 is 15.4 Å². The summed E-state index contributed by atoms with van der Waals surface area (Å²) in [6.45, 7) is 6.05. The second kappa shape index (κ2) is 8.55. The van der Waals surface area contributed by atoms with Crippen molar-refractivity contribution in [3.63, 3.8) is 0 Å². The fourth-order valence-corrected chi connectivity index (χ4v) is 5.49. The third-order valence-electron chi connectivity index (χ3n) is 6.05. The van der Waals surface area contributed by atoms with Crippen LogP contribution in [0.5, 0.6) is 5.75 Å². The number of nitrogens with zero attached hydrogens (tertiary/aromatic N) is 1. The van der Waals surface area contributed by atoms with E-state index in [1.54, 1.807) is 13.0 Å². The highest BCUT2D eigenvalue weighted by Crippen LogP contribution is 2.33. The maximum absolute atomic E-state index is 13.3. The van der Waals surface area contributed by atoms with Crippen LogP contribution in [0.1, 0.15) is 30.9 Å². The molecule has 0 radical (unpaired) electrons. The van der Waals surface area contributed by atoms with Gasteiger partial charge in [-0.3, -0.25) is 9.59 Å². The van der Waals surface area contributed by atoms with E-state index in [1.165, 1.54) is 16.4 Å². The van der Waals surface area contributed by atoms with Gasteiger partial charge in [-0.1, -0.05) is 6.07 Å². The van der Waals surface area contributed by atoms with E-state index in [0.29, 0.717) is 36.5 Å². The molecule has 1 fully saturated rings. The third kappa shape index (κ3) is 4.35. The molecule has 0 unspecified atom stereocenters. The Morgan fingerprint density at radius 3 is 2.69 bits per heavy atom. The van der Waals surface area contributed by atoms with Crippen LogP contribution in [0.2, 0.25) is 0 Å². The highest BCUT2D eigenvalue weighted by molar-refractivity contribution is 7.89. The molecule has 170 valence electrons. The number of carbonyl (C=O) groups is 2. The van der Waals surface area contributed by atoms with E-state index in [9.17, 15) is 18.0 Å². The summed E-state index contributed by atoms with van der Waals surface area (Å²) in [5.41, 5.74) is 3.25. The number of aryl methyl sites for hydroxylation is 2. The lowest BCUT2D eigenvalue weighted by Gasteiger charge is -2.31. The zero-order valence-corrected chi connectivity index (χ0v) is 19.2. The Hall–Kier alpha value is -2.91. The number of anilines is 2. The average molecular weight is 458 g/mol. The van der Waals surface area contributed by atoms with E-state index in [4.69, 9.17) is 4.74 Å². The van der Waals surface area contributed by atoms with Gasteiger partial charge in [0.15, 0.2) is 6.10 Å². The van der Waals surface area contributed by atoms with Crippen molar-refractivity contribution in [2.75, 3.05) is 23.7 Å². The summed E-state index contributed by atoms with van der Waals surface area (Å²) in [7, 11) is -3.83. The van der Waals surface area contributed by atoms with Gasteiger partial charge in [0.2, 0.25) is 15.9 Å². The van der Waals surface area contributed by atoms with Crippen LogP contribution in [0.15, 0.2) is 41.3 Å². The molecule has 2 N–H and O–H groups in total. The minimum absolute atomic E-state index is 0.0601. The molecule has 0 bridgehead atoms. The molecule has 2 atom stereocenters. The quantitative estimate of drug-likeness (QED) is 0.734. The summed E-state index contributed by atoms with van der Waals surface area (Å²) in [4.78, 5) is 24.8. The number of amides is 2. The number of rotatable bonds is 4. The summed E-state index contributed by atoms with van der Waals surface area (Å²) in [6, 6.07) is 10.1. The second-order valence-electron chi connectivity index (χ2n) is 8.40. The fraction of sp³-hybridized carbons (Fsp3) is 0.391. The van der Waals surface area contributed by atoms with E-state index >= 15 is 0 Å². The predicted molar refractivity (Wildman–Crippen MR) is 121 cm³/mol. The number of fused-ring (bicyclic) bond motifs is 1. The molecule has 2 aromatic rings. The van der Waals surface area contributed by atoms with Gasteiger partial charge in [0, 0.05) is 18.8 Å². The second-order valence-corrected chi connectivity index (χ2v) is 10.3. The molecule has 9 heteroatoms. The first-order chi connectivity index (χ1) is 15.1. The Morgan fingerprint density at radius 1 is 1.16 bits per heavy atom. The van der Waals surface area contributed by atoms with Crippen molar-refractivity contribution in [1.82, 2.24) is 4.31 Å². The molecule has 0 aromatic heterocycles. The van der Waals surface area contributed by atoms with E-state index < -0.39 is 22.0 Å². The molecule has 2 aromatic carbocycles. The molecule has 2 heterocycles. The summed E-state index contributed by atoms with van der Waals surface area (Å²) >= 11 is 0. The van der Waals surface area contributed by atoms with Crippen LogP contribution in [0, 0.1) is 19.8 Å². The average Bonchev–Trinajstić information content (AvgIpc) is 2.77. The third-order valence-corrected chi connectivity index (χ3v) is 7.91. The molecule has 8 nitrogen and oxygen atoms in total. The van der Waals surface area contributed by atoms with Crippen LogP contribution < -0.4 is 15.4 Å². The minimum atomic E-state index is -3.83. The Balaban J connectivity index is 1.50. The molecule has 1 saturated heterocycles. The minimum Gasteiger partial charge on any atom is -0.479 e. The first-order valence-corrected chi connectivity index (χ1v) is 12.1. The number of benzene rings is 2. The summed E-state index contributed by atoms with van der Waals surface area (Å²) in [6.07, 6.45) is 0.574. The van der Waals surface area contributed by atoms with Crippen LogP contribution in [-0.4, -0.2) is 43.7 Å². The van der Waals surface area contributed by atoms with Crippen molar-refractivity contribution >= 4 is 33.2 Å². The number of hydrogen-bond acceptors (Lipinski definition) is 5. The van der Waals surface area contributed by atoms with Gasteiger partial charge in [-0.05, 0) is 75.1 Å². The van der Waals surface area contributed by atoms with Crippen LogP contribution >= 0.6 is 0 Å². The van der Waals surface area contributed by atoms with Crippen molar-refractivity contribution in [2.24, 2.45) is 5.92 Å². The Morgan fingerprint density at radius 2 is 1.94 bits per heavy atom. The SMILES string of the molecule is Cc1ccc(NC(=O)[C@@H]2CCCN(S(=O)(=O)c3ccc4c(c3)NC(=O)[C@@H](C)O4)C2)cc1C. The normalized spacial score (nSPS) is 21.3. The molecule has 2 amide bonds. The molecule has 0 saturated carbocycles. The van der Waals surface area contributed by atoms with Gasteiger partial charge in [-0.25, -0.2) is 8.42 Å². The highest BCUT2D eigenvalue weighted by Gasteiger charge is 2.34. The highest BCUT2D eigenvalue weighted by atomic mass is 32.2. The number of sulfonamides is 1. The van der Waals surface area contributed by atoms with E-state index in [0.717, 1.165) is 11.1 Å². The first-order valence-electron chi connectivity index (χ1n) is 10.6. The van der Waals surface area contributed by atoms with Crippen LogP contribution in [0.4, 0.5) is 11.4 Å². The van der Waals surface area contributed by atoms with Gasteiger partial charge >= 0.3 is 0 Å². The summed E-state index contributed by atoms with van der Waals surface area (Å²) in [5, 5.41) is 5.59. The van der Waals surface area contributed by atoms with Crippen molar-refractivity contribution in [3.8, 4) is 5.75 Å². The Kier molecular flexibility index (Phi) is 5.96. The van der Waals surface area contributed by atoms with Gasteiger partial charge in [0.1, 0.15) is 5.75 Å².